The van der Waals surface area contributed by atoms with Crippen LogP contribution >= 0.6 is 11.8 Å². The Morgan fingerprint density at radius 3 is 2.83 bits per heavy atom. The maximum absolute atomic E-state index is 9.17. The molecule has 1 rings (SSSR count). The van der Waals surface area contributed by atoms with E-state index < -0.39 is 5.54 Å². The second-order valence-corrected chi connectivity index (χ2v) is 5.46. The molecule has 0 bridgehead atoms. The second kappa shape index (κ2) is 7.39. The second-order valence-electron chi connectivity index (χ2n) is 4.41. The predicted octanol–water partition coefficient (Wildman–Crippen LogP) is 2.53. The van der Waals surface area contributed by atoms with Crippen LogP contribution in [0, 0.1) is 18.3 Å². The number of rotatable bonds is 8. The van der Waals surface area contributed by atoms with Gasteiger partial charge in [0.05, 0.1) is 6.07 Å². The van der Waals surface area contributed by atoms with Crippen LogP contribution in [-0.2, 0) is 0 Å². The van der Waals surface area contributed by atoms with Crippen LogP contribution in [0.25, 0.3) is 0 Å². The Balaban J connectivity index is 2.25. The largest absolute Gasteiger partial charge is 0.416 e. The zero-order chi connectivity index (χ0) is 13.4. The molecule has 0 aliphatic rings. The average Bonchev–Trinajstić information content (AvgIpc) is 2.78. The maximum Gasteiger partial charge on any atom is 0.276 e. The van der Waals surface area contributed by atoms with Crippen molar-refractivity contribution in [2.45, 2.75) is 50.8 Å². The lowest BCUT2D eigenvalue weighted by Gasteiger charge is -2.22. The smallest absolute Gasteiger partial charge is 0.276 e. The minimum Gasteiger partial charge on any atom is -0.416 e. The Morgan fingerprint density at radius 2 is 2.28 bits per heavy atom. The van der Waals surface area contributed by atoms with Gasteiger partial charge in [-0.25, -0.2) is 0 Å². The number of nitrogens with one attached hydrogen (secondary N) is 1. The van der Waals surface area contributed by atoms with Crippen LogP contribution in [0.2, 0.25) is 0 Å². The fraction of sp³-hybridized carbons (Fsp3) is 0.750. The molecule has 0 aromatic carbocycles. The van der Waals surface area contributed by atoms with E-state index in [2.05, 4.69) is 28.5 Å². The van der Waals surface area contributed by atoms with Crippen LogP contribution < -0.4 is 5.32 Å². The summed E-state index contributed by atoms with van der Waals surface area (Å²) in [5.41, 5.74) is -0.429. The van der Waals surface area contributed by atoms with E-state index >= 15 is 0 Å². The summed E-state index contributed by atoms with van der Waals surface area (Å²) in [6.45, 7) is 6.70. The third kappa shape index (κ3) is 5.07. The van der Waals surface area contributed by atoms with E-state index in [0.29, 0.717) is 11.1 Å². The summed E-state index contributed by atoms with van der Waals surface area (Å²) in [4.78, 5) is 0. The highest BCUT2D eigenvalue weighted by atomic mass is 32.2. The van der Waals surface area contributed by atoms with Gasteiger partial charge in [0.25, 0.3) is 5.22 Å². The van der Waals surface area contributed by atoms with Gasteiger partial charge in [-0.3, -0.25) is 5.32 Å². The molecule has 1 aromatic rings. The summed E-state index contributed by atoms with van der Waals surface area (Å²) in [6, 6.07) is 2.34. The molecule has 0 radical (unpaired) electrons. The van der Waals surface area contributed by atoms with Gasteiger partial charge in [-0.1, -0.05) is 18.7 Å². The zero-order valence-corrected chi connectivity index (χ0v) is 12.0. The van der Waals surface area contributed by atoms with E-state index in [1.165, 1.54) is 11.8 Å². The molecule has 0 spiro atoms. The Bertz CT molecular complexity index is 401. The fourth-order valence-corrected chi connectivity index (χ4v) is 2.25. The minimum atomic E-state index is -0.429. The number of hydrogen-bond acceptors (Lipinski definition) is 6. The van der Waals surface area contributed by atoms with Crippen molar-refractivity contribution < 1.29 is 4.42 Å². The first-order valence-corrected chi connectivity index (χ1v) is 7.17. The third-order valence-corrected chi connectivity index (χ3v) is 3.47. The van der Waals surface area contributed by atoms with E-state index in [9.17, 15) is 5.26 Å². The van der Waals surface area contributed by atoms with E-state index in [4.69, 9.17) is 4.42 Å². The number of aromatic nitrogens is 2. The molecule has 1 atom stereocenters. The van der Waals surface area contributed by atoms with Gasteiger partial charge in [0.1, 0.15) is 5.54 Å². The van der Waals surface area contributed by atoms with Crippen LogP contribution in [0.5, 0.6) is 0 Å². The minimum absolute atomic E-state index is 0.429. The Labute approximate surface area is 112 Å². The molecule has 0 saturated heterocycles. The summed E-state index contributed by atoms with van der Waals surface area (Å²) in [5, 5.41) is 20.7. The van der Waals surface area contributed by atoms with Crippen LogP contribution in [0.3, 0.4) is 0 Å². The van der Waals surface area contributed by atoms with Gasteiger partial charge in [-0.15, -0.1) is 10.2 Å². The first-order chi connectivity index (χ1) is 8.59. The van der Waals surface area contributed by atoms with Crippen molar-refractivity contribution in [2.75, 3.05) is 12.3 Å². The lowest BCUT2D eigenvalue weighted by molar-refractivity contribution is 0.413. The number of nitrogens with zero attached hydrogens (tertiary/aromatic N) is 3. The number of thioether (sulfide) groups is 1. The van der Waals surface area contributed by atoms with E-state index in [1.807, 2.05) is 6.92 Å². The monoisotopic (exact) mass is 268 g/mol. The quantitative estimate of drug-likeness (QED) is 0.577. The van der Waals surface area contributed by atoms with Crippen LogP contribution in [-0.4, -0.2) is 28.0 Å². The van der Waals surface area contributed by atoms with Gasteiger partial charge in [0.2, 0.25) is 5.89 Å². The van der Waals surface area contributed by atoms with Crippen LogP contribution in [0.15, 0.2) is 9.64 Å². The molecule has 0 fully saturated rings. The highest BCUT2D eigenvalue weighted by molar-refractivity contribution is 7.99. The molecule has 5 nitrogen and oxygen atoms in total. The van der Waals surface area contributed by atoms with Gasteiger partial charge >= 0.3 is 0 Å². The molecule has 0 aliphatic heterocycles. The van der Waals surface area contributed by atoms with Gasteiger partial charge < -0.3 is 4.42 Å². The summed E-state index contributed by atoms with van der Waals surface area (Å²) in [6.07, 6.45) is 2.80. The third-order valence-electron chi connectivity index (χ3n) is 2.57. The zero-order valence-electron chi connectivity index (χ0n) is 11.2. The molecular formula is C12H20N4OS. The molecule has 0 aliphatic carbocycles. The highest BCUT2D eigenvalue weighted by Crippen LogP contribution is 2.20. The molecule has 1 heterocycles. The molecule has 1 aromatic heterocycles. The van der Waals surface area contributed by atoms with Gasteiger partial charge in [0.15, 0.2) is 0 Å². The van der Waals surface area contributed by atoms with Gasteiger partial charge in [-0.2, -0.15) is 5.26 Å². The molecule has 18 heavy (non-hydrogen) atoms. The van der Waals surface area contributed by atoms with Crippen LogP contribution in [0.4, 0.5) is 0 Å². The molecule has 6 heteroatoms. The van der Waals surface area contributed by atoms with E-state index in [0.717, 1.165) is 31.6 Å². The lowest BCUT2D eigenvalue weighted by atomic mass is 9.98. The van der Waals surface area contributed by atoms with Gasteiger partial charge in [-0.05, 0) is 32.7 Å². The first kappa shape index (κ1) is 15.0. The SMILES string of the molecule is CCCNC(C)(C#N)CCCSc1nnc(C)o1. The Kier molecular flexibility index (Phi) is 6.16. The molecule has 1 unspecified atom stereocenters. The lowest BCUT2D eigenvalue weighted by Crippen LogP contribution is -2.41. The molecular weight excluding hydrogens is 248 g/mol. The van der Waals surface area contributed by atoms with Crippen molar-refractivity contribution in [3.63, 3.8) is 0 Å². The van der Waals surface area contributed by atoms with E-state index in [-0.39, 0.29) is 0 Å². The molecule has 100 valence electrons. The Morgan fingerprint density at radius 1 is 1.50 bits per heavy atom. The standard InChI is InChI=1S/C12H20N4OS/c1-4-7-14-12(3,9-13)6-5-8-18-11-16-15-10(2)17-11/h14H,4-8H2,1-3H3. The highest BCUT2D eigenvalue weighted by Gasteiger charge is 2.21. The Hall–Kier alpha value is -1.06. The first-order valence-electron chi connectivity index (χ1n) is 6.19. The molecule has 0 amide bonds. The summed E-state index contributed by atoms with van der Waals surface area (Å²) >= 11 is 1.54. The predicted molar refractivity (Wildman–Crippen MR) is 71.3 cm³/mol. The van der Waals surface area contributed by atoms with Crippen molar-refractivity contribution >= 4 is 11.8 Å². The summed E-state index contributed by atoms with van der Waals surface area (Å²) in [5.74, 6) is 1.47. The number of aryl methyl sites for hydroxylation is 1. The summed E-state index contributed by atoms with van der Waals surface area (Å²) in [7, 11) is 0. The van der Waals surface area contributed by atoms with Gasteiger partial charge in [0, 0.05) is 12.7 Å². The van der Waals surface area contributed by atoms with E-state index in [1.54, 1.807) is 6.92 Å². The fourth-order valence-electron chi connectivity index (χ4n) is 1.51. The normalized spacial score (nSPS) is 14.1. The number of nitriles is 1. The van der Waals surface area contributed by atoms with Crippen molar-refractivity contribution in [1.82, 2.24) is 15.5 Å². The average molecular weight is 268 g/mol. The summed E-state index contributed by atoms with van der Waals surface area (Å²) < 4.78 is 5.27. The van der Waals surface area contributed by atoms with Crippen molar-refractivity contribution in [1.29, 1.82) is 5.26 Å². The topological polar surface area (TPSA) is 74.7 Å². The van der Waals surface area contributed by atoms with Crippen molar-refractivity contribution in [3.8, 4) is 6.07 Å². The van der Waals surface area contributed by atoms with Crippen molar-refractivity contribution in [3.05, 3.63) is 5.89 Å². The number of hydrogen-bond donors (Lipinski definition) is 1. The van der Waals surface area contributed by atoms with Crippen molar-refractivity contribution in [2.24, 2.45) is 0 Å². The molecule has 0 saturated carbocycles. The molecule has 1 N–H and O–H groups in total. The van der Waals surface area contributed by atoms with Crippen LogP contribution in [0.1, 0.15) is 39.0 Å². The maximum atomic E-state index is 9.17.